The number of thiophene rings is 1. The molecule has 0 bridgehead atoms. The van der Waals surface area contributed by atoms with Crippen molar-refractivity contribution in [2.75, 3.05) is 0 Å². The van der Waals surface area contributed by atoms with Gasteiger partial charge in [0, 0.05) is 10.9 Å². The van der Waals surface area contributed by atoms with Crippen LogP contribution in [-0.2, 0) is 6.42 Å². The van der Waals surface area contributed by atoms with Gasteiger partial charge in [-0.05, 0) is 18.4 Å². The first-order valence-corrected chi connectivity index (χ1v) is 5.36. The molecule has 0 aliphatic carbocycles. The van der Waals surface area contributed by atoms with Gasteiger partial charge in [0.1, 0.15) is 6.26 Å². The number of aromatic nitrogens is 1. The minimum atomic E-state index is -0.0594. The third-order valence-electron chi connectivity index (χ3n) is 1.94. The third kappa shape index (κ3) is 2.02. The molecule has 2 aromatic heterocycles. The molecule has 0 saturated heterocycles. The van der Waals surface area contributed by atoms with Gasteiger partial charge in [0.2, 0.25) is 0 Å². The van der Waals surface area contributed by atoms with Gasteiger partial charge in [0.05, 0.1) is 12.1 Å². The van der Waals surface area contributed by atoms with E-state index in [0.29, 0.717) is 0 Å². The van der Waals surface area contributed by atoms with Crippen LogP contribution in [0.4, 0.5) is 0 Å². The molecular formula is C10H12N2OS. The summed E-state index contributed by atoms with van der Waals surface area (Å²) in [6, 6.07) is 4.03. The quantitative estimate of drug-likeness (QED) is 0.842. The zero-order valence-corrected chi connectivity index (χ0v) is 8.75. The lowest BCUT2D eigenvalue weighted by molar-refractivity contribution is 0.507. The Balaban J connectivity index is 2.11. The van der Waals surface area contributed by atoms with E-state index in [1.54, 1.807) is 17.6 Å². The number of nitrogens with zero attached hydrogens (tertiary/aromatic N) is 1. The molecule has 14 heavy (non-hydrogen) atoms. The van der Waals surface area contributed by atoms with Crippen LogP contribution in [0.25, 0.3) is 0 Å². The average Bonchev–Trinajstić information content (AvgIpc) is 2.75. The Hall–Kier alpha value is -1.13. The lowest BCUT2D eigenvalue weighted by Gasteiger charge is -1.95. The fourth-order valence-electron chi connectivity index (χ4n) is 1.18. The maximum absolute atomic E-state index is 5.68. The molecule has 2 aromatic rings. The molecule has 0 aliphatic heterocycles. The van der Waals surface area contributed by atoms with Gasteiger partial charge in [-0.3, -0.25) is 0 Å². The maximum atomic E-state index is 5.68. The van der Waals surface area contributed by atoms with Crippen LogP contribution >= 0.6 is 11.3 Å². The van der Waals surface area contributed by atoms with Crippen molar-refractivity contribution in [1.82, 2.24) is 4.98 Å². The Kier molecular flexibility index (Phi) is 2.65. The zero-order valence-electron chi connectivity index (χ0n) is 7.93. The van der Waals surface area contributed by atoms with Gasteiger partial charge in [-0.1, -0.05) is 6.07 Å². The lowest BCUT2D eigenvalue weighted by atomic mass is 10.3. The molecule has 2 heterocycles. The summed E-state index contributed by atoms with van der Waals surface area (Å²) in [6.07, 6.45) is 2.39. The second kappa shape index (κ2) is 3.94. The molecule has 0 radical (unpaired) electrons. The summed E-state index contributed by atoms with van der Waals surface area (Å²) in [7, 11) is 0. The van der Waals surface area contributed by atoms with E-state index in [9.17, 15) is 0 Å². The molecule has 1 unspecified atom stereocenters. The summed E-state index contributed by atoms with van der Waals surface area (Å²) in [6.45, 7) is 1.90. The molecule has 2 rings (SSSR count). The topological polar surface area (TPSA) is 52.0 Å². The van der Waals surface area contributed by atoms with Crippen molar-refractivity contribution in [3.8, 4) is 0 Å². The van der Waals surface area contributed by atoms with Crippen molar-refractivity contribution < 1.29 is 4.42 Å². The van der Waals surface area contributed by atoms with E-state index in [0.717, 1.165) is 18.0 Å². The number of hydrogen-bond donors (Lipinski definition) is 1. The standard InChI is InChI=1S/C10H12N2OS/c1-7(11)9-6-13-10(12-9)5-8-3-2-4-14-8/h2-4,6-7H,5,11H2,1H3. The number of hydrogen-bond acceptors (Lipinski definition) is 4. The van der Waals surface area contributed by atoms with Crippen molar-refractivity contribution in [2.45, 2.75) is 19.4 Å². The molecule has 2 N–H and O–H groups in total. The second-order valence-electron chi connectivity index (χ2n) is 3.21. The SMILES string of the molecule is CC(N)c1coc(Cc2cccs2)n1. The molecule has 0 aromatic carbocycles. The summed E-state index contributed by atoms with van der Waals surface area (Å²) >= 11 is 1.70. The van der Waals surface area contributed by atoms with Crippen molar-refractivity contribution in [3.63, 3.8) is 0 Å². The highest BCUT2D eigenvalue weighted by Crippen LogP contribution is 2.16. The highest BCUT2D eigenvalue weighted by Gasteiger charge is 2.08. The molecular weight excluding hydrogens is 196 g/mol. The van der Waals surface area contributed by atoms with Crippen molar-refractivity contribution in [1.29, 1.82) is 0 Å². The fraction of sp³-hybridized carbons (Fsp3) is 0.300. The first kappa shape index (κ1) is 9.43. The second-order valence-corrected chi connectivity index (χ2v) is 4.24. The van der Waals surface area contributed by atoms with Crippen LogP contribution in [0.3, 0.4) is 0 Å². The molecule has 0 aliphatic rings. The molecule has 4 heteroatoms. The zero-order chi connectivity index (χ0) is 9.97. The summed E-state index contributed by atoms with van der Waals surface area (Å²) in [5.74, 6) is 0.736. The first-order valence-electron chi connectivity index (χ1n) is 4.48. The van der Waals surface area contributed by atoms with E-state index < -0.39 is 0 Å². The Labute approximate surface area is 86.6 Å². The van der Waals surface area contributed by atoms with E-state index in [4.69, 9.17) is 10.2 Å². The van der Waals surface area contributed by atoms with Crippen LogP contribution in [0.15, 0.2) is 28.2 Å². The molecule has 0 saturated carbocycles. The Morgan fingerprint density at radius 3 is 3.07 bits per heavy atom. The Morgan fingerprint density at radius 2 is 2.50 bits per heavy atom. The predicted octanol–water partition coefficient (Wildman–Crippen LogP) is 2.35. The van der Waals surface area contributed by atoms with E-state index in [2.05, 4.69) is 11.1 Å². The van der Waals surface area contributed by atoms with Crippen LogP contribution in [0.5, 0.6) is 0 Å². The van der Waals surface area contributed by atoms with Gasteiger partial charge < -0.3 is 10.2 Å². The van der Waals surface area contributed by atoms with E-state index in [1.807, 2.05) is 18.4 Å². The first-order chi connectivity index (χ1) is 6.75. The van der Waals surface area contributed by atoms with Gasteiger partial charge in [-0.25, -0.2) is 4.98 Å². The number of rotatable bonds is 3. The smallest absolute Gasteiger partial charge is 0.199 e. The van der Waals surface area contributed by atoms with Crippen molar-refractivity contribution in [3.05, 3.63) is 40.2 Å². The largest absolute Gasteiger partial charge is 0.448 e. The minimum absolute atomic E-state index is 0.0594. The molecule has 74 valence electrons. The predicted molar refractivity (Wildman–Crippen MR) is 56.2 cm³/mol. The number of oxazole rings is 1. The van der Waals surface area contributed by atoms with Gasteiger partial charge in [-0.2, -0.15) is 0 Å². The van der Waals surface area contributed by atoms with E-state index >= 15 is 0 Å². The number of nitrogens with two attached hydrogens (primary N) is 1. The highest BCUT2D eigenvalue weighted by atomic mass is 32.1. The fourth-order valence-corrected chi connectivity index (χ4v) is 1.87. The molecule has 0 amide bonds. The summed E-state index contributed by atoms with van der Waals surface area (Å²) in [4.78, 5) is 5.55. The van der Waals surface area contributed by atoms with E-state index in [-0.39, 0.29) is 6.04 Å². The van der Waals surface area contributed by atoms with Gasteiger partial charge in [-0.15, -0.1) is 11.3 Å². The average molecular weight is 208 g/mol. The monoisotopic (exact) mass is 208 g/mol. The molecule has 1 atom stereocenters. The van der Waals surface area contributed by atoms with E-state index in [1.165, 1.54) is 4.88 Å². The van der Waals surface area contributed by atoms with Crippen LogP contribution in [0, 0.1) is 0 Å². The van der Waals surface area contributed by atoms with Crippen LogP contribution in [0.2, 0.25) is 0 Å². The van der Waals surface area contributed by atoms with Crippen molar-refractivity contribution >= 4 is 11.3 Å². The summed E-state index contributed by atoms with van der Waals surface area (Å²) in [5.41, 5.74) is 6.50. The summed E-state index contributed by atoms with van der Waals surface area (Å²) < 4.78 is 5.31. The molecule has 0 fully saturated rings. The highest BCUT2D eigenvalue weighted by molar-refractivity contribution is 7.09. The van der Waals surface area contributed by atoms with Gasteiger partial charge >= 0.3 is 0 Å². The summed E-state index contributed by atoms with van der Waals surface area (Å²) in [5, 5.41) is 2.05. The molecule has 0 spiro atoms. The van der Waals surface area contributed by atoms with Gasteiger partial charge in [0.25, 0.3) is 0 Å². The Bertz CT molecular complexity index is 392. The van der Waals surface area contributed by atoms with Crippen LogP contribution < -0.4 is 5.73 Å². The minimum Gasteiger partial charge on any atom is -0.448 e. The molecule has 3 nitrogen and oxygen atoms in total. The maximum Gasteiger partial charge on any atom is 0.199 e. The van der Waals surface area contributed by atoms with Crippen molar-refractivity contribution in [2.24, 2.45) is 5.73 Å². The van der Waals surface area contributed by atoms with Crippen LogP contribution in [-0.4, -0.2) is 4.98 Å². The van der Waals surface area contributed by atoms with Gasteiger partial charge in [0.15, 0.2) is 5.89 Å². The van der Waals surface area contributed by atoms with Crippen LogP contribution in [0.1, 0.15) is 29.4 Å². The Morgan fingerprint density at radius 1 is 1.64 bits per heavy atom. The lowest BCUT2D eigenvalue weighted by Crippen LogP contribution is -2.05. The normalized spacial score (nSPS) is 13.0. The third-order valence-corrected chi connectivity index (χ3v) is 2.82.